The second-order valence-electron chi connectivity index (χ2n) is 4.76. The summed E-state index contributed by atoms with van der Waals surface area (Å²) in [5.41, 5.74) is 0.825. The van der Waals surface area contributed by atoms with E-state index < -0.39 is 0 Å². The molecule has 3 rings (SSSR count). The van der Waals surface area contributed by atoms with Crippen LogP contribution in [-0.4, -0.2) is 11.6 Å². The summed E-state index contributed by atoms with van der Waals surface area (Å²) in [6, 6.07) is 10.3. The van der Waals surface area contributed by atoms with Gasteiger partial charge >= 0.3 is 0 Å². The maximum Gasteiger partial charge on any atom is 0.211 e. The van der Waals surface area contributed by atoms with Gasteiger partial charge in [0, 0.05) is 11.1 Å². The standard InChI is InChI=1S/C16H12ClNO3/c1-9-6-7-10(21-9)8-18-14-13(17)15(19)11-4-2-3-5-12(11)16(14)20/h2-7,18H,8H2,1H3. The second kappa shape index (κ2) is 5.22. The van der Waals surface area contributed by atoms with Crippen LogP contribution in [0.25, 0.3) is 0 Å². The third-order valence-corrected chi connectivity index (χ3v) is 3.66. The number of ketones is 2. The molecule has 0 saturated heterocycles. The summed E-state index contributed by atoms with van der Waals surface area (Å²) in [7, 11) is 0. The van der Waals surface area contributed by atoms with Crippen molar-refractivity contribution in [1.82, 2.24) is 5.32 Å². The molecule has 0 bridgehead atoms. The number of Topliss-reactive ketones (excluding diaryl/α,β-unsaturated/α-hetero) is 2. The van der Waals surface area contributed by atoms with Crippen LogP contribution < -0.4 is 5.32 Å². The van der Waals surface area contributed by atoms with Crippen LogP contribution in [0, 0.1) is 6.92 Å². The summed E-state index contributed by atoms with van der Waals surface area (Å²) < 4.78 is 5.42. The maximum absolute atomic E-state index is 12.4. The van der Waals surface area contributed by atoms with Crippen molar-refractivity contribution in [2.75, 3.05) is 0 Å². The van der Waals surface area contributed by atoms with E-state index in [1.807, 2.05) is 13.0 Å². The highest BCUT2D eigenvalue weighted by atomic mass is 35.5. The largest absolute Gasteiger partial charge is 0.465 e. The van der Waals surface area contributed by atoms with E-state index in [0.29, 0.717) is 23.4 Å². The number of allylic oxidation sites excluding steroid dienone is 2. The third kappa shape index (κ3) is 2.38. The molecule has 0 spiro atoms. The zero-order valence-corrected chi connectivity index (χ0v) is 12.0. The zero-order valence-electron chi connectivity index (χ0n) is 11.3. The summed E-state index contributed by atoms with van der Waals surface area (Å²) in [4.78, 5) is 24.6. The lowest BCUT2D eigenvalue weighted by Crippen LogP contribution is -2.28. The molecule has 0 radical (unpaired) electrons. The summed E-state index contributed by atoms with van der Waals surface area (Å²) >= 11 is 6.04. The van der Waals surface area contributed by atoms with Gasteiger partial charge in [0.2, 0.25) is 11.6 Å². The molecule has 1 aliphatic carbocycles. The normalized spacial score (nSPS) is 14.4. The molecule has 0 unspecified atom stereocenters. The van der Waals surface area contributed by atoms with Gasteiger partial charge in [-0.3, -0.25) is 9.59 Å². The lowest BCUT2D eigenvalue weighted by Gasteiger charge is -2.18. The van der Waals surface area contributed by atoms with Gasteiger partial charge in [-0.25, -0.2) is 0 Å². The van der Waals surface area contributed by atoms with Gasteiger partial charge < -0.3 is 9.73 Å². The first-order valence-corrected chi connectivity index (χ1v) is 6.83. The molecule has 1 N–H and O–H groups in total. The minimum Gasteiger partial charge on any atom is -0.465 e. The molecular weight excluding hydrogens is 290 g/mol. The van der Waals surface area contributed by atoms with E-state index in [0.717, 1.165) is 5.76 Å². The lowest BCUT2D eigenvalue weighted by molar-refractivity contribution is 0.0974. The van der Waals surface area contributed by atoms with Crippen LogP contribution in [0.2, 0.25) is 0 Å². The Morgan fingerprint density at radius 1 is 1.05 bits per heavy atom. The number of carbonyl (C=O) groups is 2. The van der Waals surface area contributed by atoms with E-state index in [1.54, 1.807) is 30.3 Å². The summed E-state index contributed by atoms with van der Waals surface area (Å²) in [5.74, 6) is 0.829. The monoisotopic (exact) mass is 301 g/mol. The Kier molecular flexibility index (Phi) is 3.39. The minimum atomic E-state index is -0.343. The molecule has 0 amide bonds. The molecule has 0 saturated carbocycles. The van der Waals surface area contributed by atoms with Gasteiger partial charge in [0.1, 0.15) is 22.2 Å². The number of aryl methyl sites for hydroxylation is 1. The number of fused-ring (bicyclic) bond motifs is 1. The quantitative estimate of drug-likeness (QED) is 0.945. The van der Waals surface area contributed by atoms with Crippen molar-refractivity contribution in [2.24, 2.45) is 0 Å². The van der Waals surface area contributed by atoms with Crippen LogP contribution in [-0.2, 0) is 6.54 Å². The van der Waals surface area contributed by atoms with Crippen molar-refractivity contribution < 1.29 is 14.0 Å². The van der Waals surface area contributed by atoms with Gasteiger partial charge in [0.25, 0.3) is 0 Å². The predicted octanol–water partition coefficient (Wildman–Crippen LogP) is 3.21. The van der Waals surface area contributed by atoms with E-state index in [2.05, 4.69) is 5.32 Å². The molecule has 1 heterocycles. The average molecular weight is 302 g/mol. The number of hydrogen-bond donors (Lipinski definition) is 1. The molecule has 1 aliphatic rings. The van der Waals surface area contributed by atoms with Crippen LogP contribution in [0.4, 0.5) is 0 Å². The predicted molar refractivity (Wildman–Crippen MR) is 78.3 cm³/mol. The summed E-state index contributed by atoms with van der Waals surface area (Å²) in [6.45, 7) is 2.13. The van der Waals surface area contributed by atoms with Crippen molar-refractivity contribution >= 4 is 23.2 Å². The van der Waals surface area contributed by atoms with Crippen LogP contribution in [0.5, 0.6) is 0 Å². The van der Waals surface area contributed by atoms with Gasteiger partial charge in [-0.2, -0.15) is 0 Å². The first kappa shape index (κ1) is 13.6. The van der Waals surface area contributed by atoms with E-state index >= 15 is 0 Å². The average Bonchev–Trinajstić information content (AvgIpc) is 2.90. The van der Waals surface area contributed by atoms with Crippen molar-refractivity contribution in [1.29, 1.82) is 0 Å². The van der Waals surface area contributed by atoms with Gasteiger partial charge in [0.05, 0.1) is 6.54 Å². The van der Waals surface area contributed by atoms with Crippen molar-refractivity contribution in [3.63, 3.8) is 0 Å². The highest BCUT2D eigenvalue weighted by Gasteiger charge is 2.31. The Morgan fingerprint density at radius 2 is 1.71 bits per heavy atom. The molecule has 0 fully saturated rings. The Morgan fingerprint density at radius 3 is 2.33 bits per heavy atom. The van der Waals surface area contributed by atoms with Crippen LogP contribution >= 0.6 is 11.6 Å². The fourth-order valence-corrected chi connectivity index (χ4v) is 2.51. The molecular formula is C16H12ClNO3. The topological polar surface area (TPSA) is 59.3 Å². The molecule has 0 aliphatic heterocycles. The van der Waals surface area contributed by atoms with Crippen molar-refractivity contribution in [3.8, 4) is 0 Å². The lowest BCUT2D eigenvalue weighted by atomic mass is 9.92. The Labute approximate surface area is 126 Å². The van der Waals surface area contributed by atoms with Crippen LogP contribution in [0.1, 0.15) is 32.2 Å². The van der Waals surface area contributed by atoms with Gasteiger partial charge in [-0.05, 0) is 19.1 Å². The Balaban J connectivity index is 1.90. The van der Waals surface area contributed by atoms with Crippen LogP contribution in [0.3, 0.4) is 0 Å². The number of benzene rings is 1. The van der Waals surface area contributed by atoms with Crippen molar-refractivity contribution in [3.05, 3.63) is 69.8 Å². The molecule has 2 aromatic rings. The summed E-state index contributed by atoms with van der Waals surface area (Å²) in [6.07, 6.45) is 0. The van der Waals surface area contributed by atoms with Gasteiger partial charge in [0.15, 0.2) is 0 Å². The Hall–Kier alpha value is -2.33. The van der Waals surface area contributed by atoms with Crippen LogP contribution in [0.15, 0.2) is 51.5 Å². The number of halogens is 1. The zero-order chi connectivity index (χ0) is 15.0. The SMILES string of the molecule is Cc1ccc(CNC2=C(Cl)C(=O)c3ccccc3C2=O)o1. The molecule has 0 atom stereocenters. The molecule has 1 aromatic heterocycles. The maximum atomic E-state index is 12.4. The van der Waals surface area contributed by atoms with E-state index in [-0.39, 0.29) is 22.3 Å². The fourth-order valence-electron chi connectivity index (χ4n) is 2.26. The highest BCUT2D eigenvalue weighted by Crippen LogP contribution is 2.27. The highest BCUT2D eigenvalue weighted by molar-refractivity contribution is 6.49. The van der Waals surface area contributed by atoms with Gasteiger partial charge in [-0.15, -0.1) is 0 Å². The third-order valence-electron chi connectivity index (χ3n) is 3.30. The number of hydrogen-bond acceptors (Lipinski definition) is 4. The van der Waals surface area contributed by atoms with E-state index in [9.17, 15) is 9.59 Å². The number of nitrogens with one attached hydrogen (secondary N) is 1. The first-order valence-electron chi connectivity index (χ1n) is 6.45. The first-order chi connectivity index (χ1) is 10.1. The molecule has 4 nitrogen and oxygen atoms in total. The van der Waals surface area contributed by atoms with Gasteiger partial charge in [-0.1, -0.05) is 35.9 Å². The number of furan rings is 1. The number of carbonyl (C=O) groups excluding carboxylic acids is 2. The minimum absolute atomic E-state index is 0.0815. The fraction of sp³-hybridized carbons (Fsp3) is 0.125. The smallest absolute Gasteiger partial charge is 0.211 e. The Bertz CT molecular complexity index is 773. The second-order valence-corrected chi connectivity index (χ2v) is 5.14. The molecule has 21 heavy (non-hydrogen) atoms. The summed E-state index contributed by atoms with van der Waals surface area (Å²) in [5, 5.41) is 2.82. The molecule has 106 valence electrons. The molecule has 5 heteroatoms. The van der Waals surface area contributed by atoms with Crippen molar-refractivity contribution in [2.45, 2.75) is 13.5 Å². The van der Waals surface area contributed by atoms with E-state index in [4.69, 9.17) is 16.0 Å². The molecule has 1 aromatic carbocycles. The van der Waals surface area contributed by atoms with E-state index in [1.165, 1.54) is 0 Å². The number of rotatable bonds is 3.